The summed E-state index contributed by atoms with van der Waals surface area (Å²) in [7, 11) is 1.71. The molecule has 1 aliphatic rings. The van der Waals surface area contributed by atoms with E-state index in [4.69, 9.17) is 10.5 Å². The Balaban J connectivity index is 2.39. The highest BCUT2D eigenvalue weighted by Crippen LogP contribution is 2.35. The average Bonchev–Trinajstić information content (AvgIpc) is 2.39. The zero-order chi connectivity index (χ0) is 11.4. The van der Waals surface area contributed by atoms with Gasteiger partial charge in [0.05, 0.1) is 0 Å². The quantitative estimate of drug-likeness (QED) is 0.839. The highest BCUT2D eigenvalue weighted by Gasteiger charge is 2.35. The minimum atomic E-state index is -0.407. The Labute approximate surface area is 96.4 Å². The van der Waals surface area contributed by atoms with Crippen LogP contribution in [0.4, 0.5) is 0 Å². The summed E-state index contributed by atoms with van der Waals surface area (Å²) in [6.45, 7) is 0.476. The van der Waals surface area contributed by atoms with E-state index in [9.17, 15) is 0 Å². The van der Waals surface area contributed by atoms with E-state index < -0.39 is 5.60 Å². The Morgan fingerprint density at radius 1 is 1.25 bits per heavy atom. The summed E-state index contributed by atoms with van der Waals surface area (Å²) in [5.41, 5.74) is 6.69. The predicted octanol–water partition coefficient (Wildman–Crippen LogP) is 2.24. The fourth-order valence-corrected chi connectivity index (χ4v) is 2.19. The number of hydrogen-bond donors (Lipinski definition) is 1. The van der Waals surface area contributed by atoms with E-state index in [1.165, 1.54) is 5.56 Å². The molecule has 0 fully saturated rings. The van der Waals surface area contributed by atoms with Crippen molar-refractivity contribution in [3.63, 3.8) is 0 Å². The van der Waals surface area contributed by atoms with Crippen molar-refractivity contribution < 1.29 is 4.74 Å². The fourth-order valence-electron chi connectivity index (χ4n) is 2.19. The number of methoxy groups -OCH3 is 1. The topological polar surface area (TPSA) is 35.2 Å². The molecular formula is C14H17NO. The molecule has 1 aliphatic carbocycles. The van der Waals surface area contributed by atoms with Crippen LogP contribution >= 0.6 is 0 Å². The zero-order valence-corrected chi connectivity index (χ0v) is 9.47. The number of rotatable bonds is 3. The van der Waals surface area contributed by atoms with Gasteiger partial charge < -0.3 is 10.5 Å². The molecule has 0 saturated heterocycles. The van der Waals surface area contributed by atoms with E-state index in [1.54, 1.807) is 7.11 Å². The first-order chi connectivity index (χ1) is 7.82. The molecule has 2 atom stereocenters. The van der Waals surface area contributed by atoms with Gasteiger partial charge in [0.15, 0.2) is 0 Å². The van der Waals surface area contributed by atoms with Crippen molar-refractivity contribution in [2.75, 3.05) is 13.7 Å². The lowest BCUT2D eigenvalue weighted by Crippen LogP contribution is -2.44. The van der Waals surface area contributed by atoms with Crippen LogP contribution < -0.4 is 5.73 Å². The smallest absolute Gasteiger partial charge is 0.109 e. The van der Waals surface area contributed by atoms with E-state index >= 15 is 0 Å². The molecule has 84 valence electrons. The highest BCUT2D eigenvalue weighted by atomic mass is 16.5. The molecule has 0 saturated carbocycles. The average molecular weight is 215 g/mol. The molecule has 2 unspecified atom stereocenters. The summed E-state index contributed by atoms with van der Waals surface area (Å²) in [4.78, 5) is 0. The molecule has 2 nitrogen and oxygen atoms in total. The first kappa shape index (κ1) is 11.1. The van der Waals surface area contributed by atoms with Gasteiger partial charge in [0, 0.05) is 19.6 Å². The number of allylic oxidation sites excluding steroid dienone is 2. The molecule has 1 aromatic rings. The van der Waals surface area contributed by atoms with Crippen LogP contribution in [0.15, 0.2) is 54.6 Å². The lowest BCUT2D eigenvalue weighted by Gasteiger charge is -2.36. The molecular weight excluding hydrogens is 198 g/mol. The van der Waals surface area contributed by atoms with Crippen LogP contribution in [0.2, 0.25) is 0 Å². The second kappa shape index (κ2) is 4.64. The van der Waals surface area contributed by atoms with Crippen molar-refractivity contribution in [3.8, 4) is 0 Å². The van der Waals surface area contributed by atoms with Crippen molar-refractivity contribution in [1.82, 2.24) is 0 Å². The molecule has 0 radical (unpaired) electrons. The first-order valence-corrected chi connectivity index (χ1v) is 5.48. The summed E-state index contributed by atoms with van der Waals surface area (Å²) in [5.74, 6) is 0.189. The van der Waals surface area contributed by atoms with Crippen LogP contribution in [0.1, 0.15) is 11.5 Å². The third-order valence-corrected chi connectivity index (χ3v) is 3.18. The van der Waals surface area contributed by atoms with E-state index in [0.717, 1.165) is 0 Å². The molecule has 0 spiro atoms. The van der Waals surface area contributed by atoms with Crippen LogP contribution in [-0.4, -0.2) is 19.3 Å². The number of ether oxygens (including phenoxy) is 1. The monoisotopic (exact) mass is 215 g/mol. The molecule has 2 heteroatoms. The summed E-state index contributed by atoms with van der Waals surface area (Å²) < 4.78 is 5.63. The molecule has 0 aromatic heterocycles. The van der Waals surface area contributed by atoms with Gasteiger partial charge in [-0.15, -0.1) is 0 Å². The van der Waals surface area contributed by atoms with Crippen molar-refractivity contribution >= 4 is 0 Å². The molecule has 0 heterocycles. The van der Waals surface area contributed by atoms with Crippen LogP contribution in [0.25, 0.3) is 0 Å². The Kier molecular flexibility index (Phi) is 3.22. The molecule has 0 amide bonds. The third-order valence-electron chi connectivity index (χ3n) is 3.18. The lowest BCUT2D eigenvalue weighted by atomic mass is 9.79. The molecule has 2 N–H and O–H groups in total. The standard InChI is InChI=1S/C14H17NO/c1-16-14(11-15)10-6-5-9-13(14)12-7-3-2-4-8-12/h2-10,13H,11,15H2,1H3. The summed E-state index contributed by atoms with van der Waals surface area (Å²) in [5, 5.41) is 0. The number of nitrogens with two attached hydrogens (primary N) is 1. The van der Waals surface area contributed by atoms with Gasteiger partial charge in [-0.3, -0.25) is 0 Å². The predicted molar refractivity (Wildman–Crippen MR) is 66.3 cm³/mol. The van der Waals surface area contributed by atoms with Crippen molar-refractivity contribution in [2.24, 2.45) is 5.73 Å². The van der Waals surface area contributed by atoms with E-state index in [1.807, 2.05) is 36.4 Å². The first-order valence-electron chi connectivity index (χ1n) is 5.48. The minimum absolute atomic E-state index is 0.189. The van der Waals surface area contributed by atoms with E-state index in [-0.39, 0.29) is 5.92 Å². The molecule has 0 aliphatic heterocycles. The van der Waals surface area contributed by atoms with Gasteiger partial charge in [-0.1, -0.05) is 54.6 Å². The molecule has 1 aromatic carbocycles. The number of benzene rings is 1. The van der Waals surface area contributed by atoms with Crippen molar-refractivity contribution in [2.45, 2.75) is 11.5 Å². The summed E-state index contributed by atoms with van der Waals surface area (Å²) >= 11 is 0. The van der Waals surface area contributed by atoms with Gasteiger partial charge in [-0.2, -0.15) is 0 Å². The van der Waals surface area contributed by atoms with E-state index in [0.29, 0.717) is 6.54 Å². The van der Waals surface area contributed by atoms with Crippen LogP contribution in [-0.2, 0) is 4.74 Å². The lowest BCUT2D eigenvalue weighted by molar-refractivity contribution is 0.0267. The van der Waals surface area contributed by atoms with Gasteiger partial charge in [-0.05, 0) is 5.56 Å². The Bertz CT molecular complexity index is 390. The van der Waals surface area contributed by atoms with Gasteiger partial charge in [-0.25, -0.2) is 0 Å². The van der Waals surface area contributed by atoms with E-state index in [2.05, 4.69) is 18.2 Å². The fraction of sp³-hybridized carbons (Fsp3) is 0.286. The highest BCUT2D eigenvalue weighted by molar-refractivity contribution is 5.36. The maximum atomic E-state index is 5.87. The van der Waals surface area contributed by atoms with Gasteiger partial charge in [0.1, 0.15) is 5.60 Å². The SMILES string of the molecule is COC1(CN)C=CC=CC1c1ccccc1. The largest absolute Gasteiger partial charge is 0.372 e. The zero-order valence-electron chi connectivity index (χ0n) is 9.47. The van der Waals surface area contributed by atoms with Crippen molar-refractivity contribution in [1.29, 1.82) is 0 Å². The summed E-state index contributed by atoms with van der Waals surface area (Å²) in [6.07, 6.45) is 8.23. The van der Waals surface area contributed by atoms with Crippen LogP contribution in [0, 0.1) is 0 Å². The maximum absolute atomic E-state index is 5.87. The number of hydrogen-bond acceptors (Lipinski definition) is 2. The van der Waals surface area contributed by atoms with Crippen molar-refractivity contribution in [3.05, 3.63) is 60.2 Å². The molecule has 0 bridgehead atoms. The van der Waals surface area contributed by atoms with Gasteiger partial charge >= 0.3 is 0 Å². The maximum Gasteiger partial charge on any atom is 0.109 e. The Morgan fingerprint density at radius 2 is 2.00 bits per heavy atom. The normalized spacial score (nSPS) is 28.2. The summed E-state index contributed by atoms with van der Waals surface area (Å²) in [6, 6.07) is 10.3. The minimum Gasteiger partial charge on any atom is -0.372 e. The van der Waals surface area contributed by atoms with Gasteiger partial charge in [0.25, 0.3) is 0 Å². The van der Waals surface area contributed by atoms with Gasteiger partial charge in [0.2, 0.25) is 0 Å². The Hall–Kier alpha value is -1.38. The third kappa shape index (κ3) is 1.82. The molecule has 16 heavy (non-hydrogen) atoms. The Morgan fingerprint density at radius 3 is 2.62 bits per heavy atom. The molecule has 2 rings (SSSR count). The van der Waals surface area contributed by atoms with Crippen LogP contribution in [0.3, 0.4) is 0 Å². The second-order valence-corrected chi connectivity index (χ2v) is 4.00. The second-order valence-electron chi connectivity index (χ2n) is 4.00. The van der Waals surface area contributed by atoms with Crippen LogP contribution in [0.5, 0.6) is 0 Å².